The van der Waals surface area contributed by atoms with Gasteiger partial charge in [-0.25, -0.2) is 25.3 Å². The van der Waals surface area contributed by atoms with Gasteiger partial charge in [0.25, 0.3) is 0 Å². The monoisotopic (exact) mass is 1040 g/mol. The third-order valence-corrected chi connectivity index (χ3v) is 12.7. The van der Waals surface area contributed by atoms with Crippen molar-refractivity contribution in [1.29, 1.82) is 0 Å². The summed E-state index contributed by atoms with van der Waals surface area (Å²) in [5.74, 6) is -1.51. The quantitative estimate of drug-likeness (QED) is 0.0268. The van der Waals surface area contributed by atoms with Crippen LogP contribution in [0.2, 0.25) is 0 Å². The number of nitrogens with zero attached hydrogens (tertiary/aromatic N) is 8. The van der Waals surface area contributed by atoms with E-state index in [0.717, 1.165) is 24.3 Å². The summed E-state index contributed by atoms with van der Waals surface area (Å²) in [6.07, 6.45) is 0. The minimum atomic E-state index is -5.30. The van der Waals surface area contributed by atoms with Gasteiger partial charge in [-0.3, -0.25) is 0 Å². The summed E-state index contributed by atoms with van der Waals surface area (Å²) in [6.45, 7) is 0. The van der Waals surface area contributed by atoms with Crippen molar-refractivity contribution in [2.45, 2.75) is 14.7 Å². The molecule has 0 unspecified atom stereocenters. The number of hydrogen-bond donors (Lipinski definition) is 7. The molecule has 0 radical (unpaired) electrons. The number of nitrogens with two attached hydrogens (primary N) is 4. The molecule has 28 heteroatoms. The molecule has 0 amide bonds. The number of nitrogens with one attached hydrogen (secondary N) is 1. The molecule has 0 bridgehead atoms. The Morgan fingerprint density at radius 2 is 0.806 bits per heavy atom. The van der Waals surface area contributed by atoms with E-state index in [1.165, 1.54) is 84.9 Å². The zero-order chi connectivity index (χ0) is 51.0. The van der Waals surface area contributed by atoms with Crippen LogP contribution in [0, 0.1) is 0 Å². The molecule has 0 saturated heterocycles. The van der Waals surface area contributed by atoms with E-state index in [1.807, 2.05) is 0 Å². The number of nitrogen functional groups attached to an aromatic ring is 4. The fourth-order valence-electron chi connectivity index (χ4n) is 6.77. The minimum Gasteiger partial charge on any atom is -0.744 e. The second kappa shape index (κ2) is 20.4. The third-order valence-electron chi connectivity index (χ3n) is 10.2. The molecule has 0 atom stereocenters. The third kappa shape index (κ3) is 11.6. The smallest absolute Gasteiger partial charge is 0.744 e. The van der Waals surface area contributed by atoms with Crippen molar-refractivity contribution < 1.29 is 78.7 Å². The van der Waals surface area contributed by atoms with Crippen molar-refractivity contribution in [1.82, 2.24) is 0 Å². The number of anilines is 6. The largest absolute Gasteiger partial charge is 1.00 e. The molecule has 0 aliphatic carbocycles. The maximum atomic E-state index is 12.5. The van der Waals surface area contributed by atoms with E-state index in [0.29, 0.717) is 17.1 Å². The molecule has 8 rings (SSSR count). The topological polar surface area (TPSA) is 427 Å². The summed E-state index contributed by atoms with van der Waals surface area (Å²) in [5, 5.41) is 57.3. The van der Waals surface area contributed by atoms with Gasteiger partial charge in [-0.05, 0) is 126 Å². The minimum absolute atomic E-state index is 0. The molecule has 0 aromatic heterocycles. The Morgan fingerprint density at radius 1 is 0.417 bits per heavy atom. The van der Waals surface area contributed by atoms with Crippen LogP contribution in [-0.2, 0) is 30.4 Å². The number of azo groups is 4. The second-order valence-electron chi connectivity index (χ2n) is 15.1. The van der Waals surface area contributed by atoms with Crippen LogP contribution >= 0.6 is 0 Å². The summed E-state index contributed by atoms with van der Waals surface area (Å²) < 4.78 is 111. The van der Waals surface area contributed by atoms with Gasteiger partial charge in [0.1, 0.15) is 53.1 Å². The summed E-state index contributed by atoms with van der Waals surface area (Å²) in [5.41, 5.74) is 23.8. The van der Waals surface area contributed by atoms with Gasteiger partial charge in [-0.15, -0.1) is 20.5 Å². The maximum Gasteiger partial charge on any atom is 1.00 e. The molecule has 11 N–H and O–H groups in total. The van der Waals surface area contributed by atoms with E-state index in [1.54, 1.807) is 18.2 Å². The van der Waals surface area contributed by atoms with Gasteiger partial charge < -0.3 is 52.1 Å². The molecular formula is C44H32N13NaO11S3-2. The maximum absolute atomic E-state index is 12.5. The van der Waals surface area contributed by atoms with Crippen LogP contribution in [0.1, 0.15) is 0 Å². The van der Waals surface area contributed by atoms with Crippen LogP contribution in [0.15, 0.2) is 183 Å². The Hall–Kier alpha value is -7.99. The van der Waals surface area contributed by atoms with Gasteiger partial charge in [0.15, 0.2) is 11.5 Å². The van der Waals surface area contributed by atoms with Crippen LogP contribution in [0.4, 0.5) is 79.6 Å². The summed E-state index contributed by atoms with van der Waals surface area (Å²) in [7, 11) is -15.8. The number of rotatable bonds is 13. The average Bonchev–Trinajstić information content (AvgIpc) is 3.30. The van der Waals surface area contributed by atoms with Crippen LogP contribution in [0.5, 0.6) is 11.5 Å². The SMILES string of the molecule is Nc1ccc(N=Nc2ccc3cc(S(=O)(=O)[O-])c(N=Nc4ccc(Nc5ccc(N=Nc6c(S(=O)(=O)[O-])cc7ccc(N=Nc8ccc(N)cc8N)cc7c6O)cc5S(=O)(=O)[O-])cc4)c(O)c3c2)c(N)c1.[Na+]. The fourth-order valence-corrected chi connectivity index (χ4v) is 8.72. The van der Waals surface area contributed by atoms with Crippen LogP contribution in [0.3, 0.4) is 0 Å². The molecule has 8 aromatic rings. The van der Waals surface area contributed by atoms with Gasteiger partial charge in [-0.2, -0.15) is 20.5 Å². The number of hydrogen-bond acceptors (Lipinski definition) is 24. The zero-order valence-electron chi connectivity index (χ0n) is 36.8. The first-order chi connectivity index (χ1) is 33.5. The van der Waals surface area contributed by atoms with Gasteiger partial charge >= 0.3 is 29.6 Å². The molecule has 0 aliphatic rings. The number of aromatic hydroxyl groups is 2. The second-order valence-corrected chi connectivity index (χ2v) is 19.2. The van der Waals surface area contributed by atoms with E-state index in [-0.39, 0.29) is 102 Å². The molecule has 0 spiro atoms. The fraction of sp³-hybridized carbons (Fsp3) is 0. The van der Waals surface area contributed by atoms with Crippen molar-refractivity contribution in [2.75, 3.05) is 28.3 Å². The first-order valence-corrected chi connectivity index (χ1v) is 24.2. The summed E-state index contributed by atoms with van der Waals surface area (Å²) >= 11 is 0. The average molecular weight is 1040 g/mol. The van der Waals surface area contributed by atoms with Crippen molar-refractivity contribution in [3.8, 4) is 11.5 Å². The number of phenols is 2. The number of benzene rings is 8. The van der Waals surface area contributed by atoms with Crippen LogP contribution in [-0.4, -0.2) is 49.1 Å². The first kappa shape index (κ1) is 51.8. The van der Waals surface area contributed by atoms with E-state index >= 15 is 0 Å². The van der Waals surface area contributed by atoms with Crippen molar-refractivity contribution in [3.63, 3.8) is 0 Å². The van der Waals surface area contributed by atoms with Gasteiger partial charge in [0.05, 0.1) is 54.5 Å². The zero-order valence-corrected chi connectivity index (χ0v) is 41.3. The van der Waals surface area contributed by atoms with Crippen molar-refractivity contribution in [2.24, 2.45) is 40.9 Å². The molecule has 0 aliphatic heterocycles. The Balaban J connectivity index is 0.00000760. The van der Waals surface area contributed by atoms with Crippen LogP contribution < -0.4 is 57.8 Å². The predicted octanol–water partition coefficient (Wildman–Crippen LogP) is 6.85. The molecule has 360 valence electrons. The standard InChI is InChI=1S/C44H35N13O11S3.Na/c45-24-3-12-35(33(47)17-24)54-51-28-5-1-22-15-39(70(63,64)65)41(43(58)31(22)19-28)56-50-27-9-7-26(8-10-27)49-37-14-11-30(21-38(37)69(60,61)62)53-57-42-40(71(66,67)68)16-23-2-6-29(20-32(23)44(42)59)52-55-36-13-4-25(46)18-34(36)48;/h1-21,49,58-59H,45-48H2,(H,60,61,62)(H,63,64,65)(H,66,67,68);/q;+1/p-3. The molecule has 8 aromatic carbocycles. The summed E-state index contributed by atoms with van der Waals surface area (Å²) in [6, 6.07) is 28.0. The van der Waals surface area contributed by atoms with Gasteiger partial charge in [0.2, 0.25) is 0 Å². The van der Waals surface area contributed by atoms with Crippen molar-refractivity contribution in [3.05, 3.63) is 127 Å². The molecule has 24 nitrogen and oxygen atoms in total. The Bertz CT molecular complexity index is 3980. The Morgan fingerprint density at radius 3 is 1.24 bits per heavy atom. The number of fused-ring (bicyclic) bond motifs is 2. The van der Waals surface area contributed by atoms with Crippen molar-refractivity contribution >= 4 is 132 Å². The van der Waals surface area contributed by atoms with E-state index in [4.69, 9.17) is 22.9 Å². The van der Waals surface area contributed by atoms with E-state index in [2.05, 4.69) is 46.2 Å². The van der Waals surface area contributed by atoms with Crippen LogP contribution in [0.25, 0.3) is 21.5 Å². The Kier molecular flexibility index (Phi) is 14.7. The normalized spacial score (nSPS) is 12.4. The molecule has 0 saturated carbocycles. The summed E-state index contributed by atoms with van der Waals surface area (Å²) in [4.78, 5) is -2.68. The van der Waals surface area contributed by atoms with E-state index in [9.17, 15) is 49.1 Å². The van der Waals surface area contributed by atoms with Gasteiger partial charge in [0, 0.05) is 27.8 Å². The molecule has 0 fully saturated rings. The predicted molar refractivity (Wildman–Crippen MR) is 259 cm³/mol. The first-order valence-electron chi connectivity index (χ1n) is 20.0. The number of phenolic OH excluding ortho intramolecular Hbond substituents is 2. The molecule has 0 heterocycles. The molecule has 72 heavy (non-hydrogen) atoms. The van der Waals surface area contributed by atoms with Gasteiger partial charge in [-0.1, -0.05) is 12.1 Å². The Labute approximate surface area is 430 Å². The molecular weight excluding hydrogens is 1010 g/mol. The van der Waals surface area contributed by atoms with E-state index < -0.39 is 67.9 Å².